The van der Waals surface area contributed by atoms with Gasteiger partial charge in [0.1, 0.15) is 11.5 Å². The van der Waals surface area contributed by atoms with Gasteiger partial charge in [0.25, 0.3) is 0 Å². The highest BCUT2D eigenvalue weighted by molar-refractivity contribution is 6.17. The van der Waals surface area contributed by atoms with E-state index >= 15 is 0 Å². The third kappa shape index (κ3) is 2.77. The lowest BCUT2D eigenvalue weighted by Gasteiger charge is -2.11. The average molecular weight is 248 g/mol. The van der Waals surface area contributed by atoms with Crippen LogP contribution in [0.25, 0.3) is 0 Å². The predicted octanol–water partition coefficient (Wildman–Crippen LogP) is 4.23. The van der Waals surface area contributed by atoms with E-state index in [1.54, 1.807) is 12.4 Å². The Bertz CT molecular complexity index is 525. The lowest BCUT2D eigenvalue weighted by atomic mass is 10.1. The highest BCUT2D eigenvalue weighted by Crippen LogP contribution is 2.28. The second kappa shape index (κ2) is 5.19. The number of benzene rings is 1. The van der Waals surface area contributed by atoms with Gasteiger partial charge in [-0.1, -0.05) is 12.1 Å². The number of hydrogen-bond acceptors (Lipinski definition) is 2. The van der Waals surface area contributed by atoms with Crippen LogP contribution in [-0.4, -0.2) is 4.98 Å². The zero-order valence-corrected chi connectivity index (χ0v) is 10.7. The molecular formula is C14H14ClNO. The summed E-state index contributed by atoms with van der Waals surface area (Å²) in [5, 5.41) is 0. The quantitative estimate of drug-likeness (QED) is 0.758. The molecule has 88 valence electrons. The smallest absolute Gasteiger partial charge is 0.134 e. The molecule has 0 saturated carbocycles. The van der Waals surface area contributed by atoms with Gasteiger partial charge in [-0.05, 0) is 37.1 Å². The Labute approximate surface area is 106 Å². The molecule has 2 rings (SSSR count). The monoisotopic (exact) mass is 247 g/mol. The minimum Gasteiger partial charge on any atom is -0.457 e. The Balaban J connectivity index is 2.34. The second-order valence-electron chi connectivity index (χ2n) is 3.99. The Kier molecular flexibility index (Phi) is 3.64. The first-order chi connectivity index (χ1) is 8.20. The fraction of sp³-hybridized carbons (Fsp3) is 0.214. The standard InChI is InChI=1S/C14H14ClNO/c1-10-3-4-11(2)14(7-10)17-13-5-6-16-9-12(13)8-15/h3-7,9H,8H2,1-2H3. The number of aromatic nitrogens is 1. The molecule has 2 nitrogen and oxygen atoms in total. The average Bonchev–Trinajstić information content (AvgIpc) is 2.34. The van der Waals surface area contributed by atoms with Gasteiger partial charge in [-0.15, -0.1) is 11.6 Å². The molecule has 0 atom stereocenters. The number of alkyl halides is 1. The van der Waals surface area contributed by atoms with E-state index in [1.165, 1.54) is 5.56 Å². The number of ether oxygens (including phenoxy) is 1. The third-order valence-corrected chi connectivity index (χ3v) is 2.85. The van der Waals surface area contributed by atoms with Gasteiger partial charge >= 0.3 is 0 Å². The predicted molar refractivity (Wildman–Crippen MR) is 69.8 cm³/mol. The summed E-state index contributed by atoms with van der Waals surface area (Å²) in [4.78, 5) is 4.03. The number of pyridine rings is 1. The van der Waals surface area contributed by atoms with Crippen molar-refractivity contribution in [3.63, 3.8) is 0 Å². The van der Waals surface area contributed by atoms with Crippen LogP contribution in [0.3, 0.4) is 0 Å². The number of nitrogens with zero attached hydrogens (tertiary/aromatic N) is 1. The normalized spacial score (nSPS) is 10.3. The zero-order chi connectivity index (χ0) is 12.3. The van der Waals surface area contributed by atoms with Crippen molar-refractivity contribution < 1.29 is 4.74 Å². The Morgan fingerprint density at radius 3 is 2.76 bits per heavy atom. The van der Waals surface area contributed by atoms with Gasteiger partial charge in [0.05, 0.1) is 5.88 Å². The SMILES string of the molecule is Cc1ccc(C)c(Oc2ccncc2CCl)c1. The summed E-state index contributed by atoms with van der Waals surface area (Å²) in [6.45, 7) is 4.07. The molecule has 17 heavy (non-hydrogen) atoms. The molecule has 0 fully saturated rings. The van der Waals surface area contributed by atoms with Crippen LogP contribution >= 0.6 is 11.6 Å². The maximum absolute atomic E-state index is 5.89. The van der Waals surface area contributed by atoms with Crippen molar-refractivity contribution in [2.45, 2.75) is 19.7 Å². The molecule has 0 N–H and O–H groups in total. The highest BCUT2D eigenvalue weighted by atomic mass is 35.5. The lowest BCUT2D eigenvalue weighted by molar-refractivity contribution is 0.473. The first kappa shape index (κ1) is 11.9. The van der Waals surface area contributed by atoms with Gasteiger partial charge in [-0.3, -0.25) is 4.98 Å². The van der Waals surface area contributed by atoms with Crippen LogP contribution < -0.4 is 4.74 Å². The van der Waals surface area contributed by atoms with Crippen LogP contribution in [0.15, 0.2) is 36.7 Å². The second-order valence-corrected chi connectivity index (χ2v) is 4.26. The molecule has 2 aromatic rings. The maximum Gasteiger partial charge on any atom is 0.134 e. The molecule has 0 aliphatic heterocycles. The van der Waals surface area contributed by atoms with E-state index < -0.39 is 0 Å². The molecule has 1 aromatic heterocycles. The molecule has 0 saturated heterocycles. The molecule has 1 aromatic carbocycles. The van der Waals surface area contributed by atoms with E-state index in [9.17, 15) is 0 Å². The minimum atomic E-state index is 0.397. The van der Waals surface area contributed by atoms with Crippen molar-refractivity contribution in [2.75, 3.05) is 0 Å². The number of halogens is 1. The molecule has 0 bridgehead atoms. The maximum atomic E-state index is 5.89. The summed E-state index contributed by atoms with van der Waals surface area (Å²) in [5.41, 5.74) is 3.18. The Morgan fingerprint density at radius 1 is 1.18 bits per heavy atom. The molecule has 0 unspecified atom stereocenters. The number of rotatable bonds is 3. The Hall–Kier alpha value is -1.54. The Morgan fingerprint density at radius 2 is 2.00 bits per heavy atom. The number of aryl methyl sites for hydroxylation is 2. The molecule has 3 heteroatoms. The van der Waals surface area contributed by atoms with Crippen molar-refractivity contribution in [3.05, 3.63) is 53.3 Å². The molecule has 0 spiro atoms. The van der Waals surface area contributed by atoms with E-state index in [0.717, 1.165) is 22.6 Å². The third-order valence-electron chi connectivity index (χ3n) is 2.57. The van der Waals surface area contributed by atoms with E-state index in [4.69, 9.17) is 16.3 Å². The molecular weight excluding hydrogens is 234 g/mol. The van der Waals surface area contributed by atoms with Gasteiger partial charge < -0.3 is 4.74 Å². The van der Waals surface area contributed by atoms with Crippen LogP contribution in [0.5, 0.6) is 11.5 Å². The largest absolute Gasteiger partial charge is 0.457 e. The lowest BCUT2D eigenvalue weighted by Crippen LogP contribution is -1.92. The van der Waals surface area contributed by atoms with Gasteiger partial charge in [0.2, 0.25) is 0 Å². The van der Waals surface area contributed by atoms with Crippen molar-refractivity contribution in [1.82, 2.24) is 4.98 Å². The van der Waals surface area contributed by atoms with Crippen LogP contribution in [-0.2, 0) is 5.88 Å². The van der Waals surface area contributed by atoms with Crippen LogP contribution in [0.2, 0.25) is 0 Å². The molecule has 0 radical (unpaired) electrons. The summed E-state index contributed by atoms with van der Waals surface area (Å²) >= 11 is 5.85. The minimum absolute atomic E-state index is 0.397. The van der Waals surface area contributed by atoms with E-state index in [1.807, 2.05) is 32.0 Å². The first-order valence-electron chi connectivity index (χ1n) is 5.44. The van der Waals surface area contributed by atoms with Crippen LogP contribution in [0.1, 0.15) is 16.7 Å². The fourth-order valence-electron chi connectivity index (χ4n) is 1.55. The zero-order valence-electron chi connectivity index (χ0n) is 9.90. The van der Waals surface area contributed by atoms with Crippen molar-refractivity contribution in [3.8, 4) is 11.5 Å². The van der Waals surface area contributed by atoms with Gasteiger partial charge in [-0.2, -0.15) is 0 Å². The van der Waals surface area contributed by atoms with Crippen molar-refractivity contribution >= 4 is 11.6 Å². The molecule has 0 amide bonds. The van der Waals surface area contributed by atoms with E-state index in [0.29, 0.717) is 5.88 Å². The fourth-order valence-corrected chi connectivity index (χ4v) is 1.75. The van der Waals surface area contributed by atoms with E-state index in [-0.39, 0.29) is 0 Å². The summed E-state index contributed by atoms with van der Waals surface area (Å²) < 4.78 is 5.89. The van der Waals surface area contributed by atoms with Gasteiger partial charge in [-0.25, -0.2) is 0 Å². The van der Waals surface area contributed by atoms with Crippen LogP contribution in [0, 0.1) is 13.8 Å². The van der Waals surface area contributed by atoms with Crippen molar-refractivity contribution in [2.24, 2.45) is 0 Å². The molecule has 0 aliphatic carbocycles. The van der Waals surface area contributed by atoms with Gasteiger partial charge in [0.15, 0.2) is 0 Å². The topological polar surface area (TPSA) is 22.1 Å². The van der Waals surface area contributed by atoms with E-state index in [2.05, 4.69) is 11.1 Å². The molecule has 1 heterocycles. The highest BCUT2D eigenvalue weighted by Gasteiger charge is 2.06. The first-order valence-corrected chi connectivity index (χ1v) is 5.98. The summed E-state index contributed by atoms with van der Waals surface area (Å²) in [6, 6.07) is 7.97. The summed E-state index contributed by atoms with van der Waals surface area (Å²) in [5.74, 6) is 2.03. The summed E-state index contributed by atoms with van der Waals surface area (Å²) in [6.07, 6.45) is 3.43. The summed E-state index contributed by atoms with van der Waals surface area (Å²) in [7, 11) is 0. The number of hydrogen-bond donors (Lipinski definition) is 0. The molecule has 0 aliphatic rings. The van der Waals surface area contributed by atoms with Gasteiger partial charge in [0, 0.05) is 18.0 Å². The van der Waals surface area contributed by atoms with Crippen molar-refractivity contribution in [1.29, 1.82) is 0 Å². The van der Waals surface area contributed by atoms with Crippen LogP contribution in [0.4, 0.5) is 0 Å².